The van der Waals surface area contributed by atoms with E-state index in [4.69, 9.17) is 0 Å². The van der Waals surface area contributed by atoms with E-state index in [-0.39, 0.29) is 0 Å². The van der Waals surface area contributed by atoms with Crippen LogP contribution in [0.2, 0.25) is 31.2 Å². The van der Waals surface area contributed by atoms with Crippen molar-refractivity contribution in [3.63, 3.8) is 0 Å². The first-order chi connectivity index (χ1) is 8.39. The Morgan fingerprint density at radius 3 is 2.22 bits per heavy atom. The lowest BCUT2D eigenvalue weighted by Crippen LogP contribution is -2.69. The number of allylic oxidation sites excluding steroid dienone is 2. The van der Waals surface area contributed by atoms with Gasteiger partial charge in [-0.25, -0.2) is 0 Å². The lowest BCUT2D eigenvalue weighted by molar-refractivity contribution is 0.667. The van der Waals surface area contributed by atoms with Gasteiger partial charge in [0.15, 0.2) is 0 Å². The number of hydrogen-bond acceptors (Lipinski definition) is 0. The van der Waals surface area contributed by atoms with E-state index in [9.17, 15) is 0 Å². The lowest BCUT2D eigenvalue weighted by atomic mass is 10.1. The highest BCUT2D eigenvalue weighted by Crippen LogP contribution is 2.42. The minimum absolute atomic E-state index is 0.748. The maximum Gasteiger partial charge on any atom is 0.0864 e. The van der Waals surface area contributed by atoms with Gasteiger partial charge in [0.05, 0.1) is 7.59 Å². The van der Waals surface area contributed by atoms with E-state index in [1.165, 1.54) is 6.04 Å². The van der Waals surface area contributed by atoms with Crippen molar-refractivity contribution in [3.05, 3.63) is 42.5 Å². The Hall–Kier alpha value is -0.606. The van der Waals surface area contributed by atoms with Gasteiger partial charge in [-0.15, -0.1) is 0 Å². The van der Waals surface area contributed by atoms with E-state index in [0.717, 1.165) is 11.5 Å². The van der Waals surface area contributed by atoms with Crippen molar-refractivity contribution in [2.75, 3.05) is 0 Å². The third kappa shape index (κ3) is 2.06. The second-order valence-corrected chi connectivity index (χ2v) is 22.4. The molecule has 0 radical (unpaired) electrons. The summed E-state index contributed by atoms with van der Waals surface area (Å²) in [5.74, 6) is 0.748. The molecule has 2 rings (SSSR count). The largest absolute Gasteiger partial charge is 0.0908 e. The Morgan fingerprint density at radius 2 is 1.67 bits per heavy atom. The maximum atomic E-state index is 2.59. The van der Waals surface area contributed by atoms with Gasteiger partial charge in [0.25, 0.3) is 0 Å². The fraction of sp³-hybridized carbons (Fsp3) is 0.500. The molecule has 18 heavy (non-hydrogen) atoms. The molecule has 0 amide bonds. The van der Waals surface area contributed by atoms with Crippen molar-refractivity contribution in [3.8, 4) is 0 Å². The van der Waals surface area contributed by atoms with E-state index in [1.54, 1.807) is 5.19 Å². The third-order valence-electron chi connectivity index (χ3n) is 5.07. The SMILES string of the molecule is C[C@@H]1C=CC[Si](c2ccccc2)([Si](C)(C)C)[C@H]1C. The number of benzene rings is 1. The summed E-state index contributed by atoms with van der Waals surface area (Å²) in [5, 5.41) is 1.70. The third-order valence-corrected chi connectivity index (χ3v) is 22.9. The summed E-state index contributed by atoms with van der Waals surface area (Å²) in [6, 6.07) is 12.8. The second kappa shape index (κ2) is 4.82. The fourth-order valence-electron chi connectivity index (χ4n) is 3.81. The maximum absolute atomic E-state index is 2.59. The molecule has 0 spiro atoms. The van der Waals surface area contributed by atoms with E-state index in [0.29, 0.717) is 0 Å². The Labute approximate surface area is 114 Å². The van der Waals surface area contributed by atoms with Crippen LogP contribution in [0.4, 0.5) is 0 Å². The normalized spacial score (nSPS) is 32.5. The molecule has 2 heteroatoms. The van der Waals surface area contributed by atoms with Gasteiger partial charge in [0.1, 0.15) is 0 Å². The zero-order valence-corrected chi connectivity index (χ0v) is 14.4. The molecule has 3 atom stereocenters. The van der Waals surface area contributed by atoms with Crippen LogP contribution in [0, 0.1) is 5.92 Å². The predicted octanol–water partition coefficient (Wildman–Crippen LogP) is 4.36. The van der Waals surface area contributed by atoms with Gasteiger partial charge in [-0.3, -0.25) is 0 Å². The molecule has 0 N–H and O–H groups in total. The van der Waals surface area contributed by atoms with Crippen LogP contribution < -0.4 is 5.19 Å². The summed E-state index contributed by atoms with van der Waals surface area (Å²) in [7, 11) is -2.54. The van der Waals surface area contributed by atoms with Gasteiger partial charge < -0.3 is 0 Å². The smallest absolute Gasteiger partial charge is 0.0864 e. The van der Waals surface area contributed by atoms with Crippen LogP contribution in [0.15, 0.2) is 42.5 Å². The first kappa shape index (κ1) is 13.8. The molecule has 1 aliphatic heterocycles. The highest BCUT2D eigenvalue weighted by atomic mass is 29.3. The molecule has 0 bridgehead atoms. The van der Waals surface area contributed by atoms with Gasteiger partial charge in [-0.05, 0) is 17.5 Å². The summed E-state index contributed by atoms with van der Waals surface area (Å²) in [6.07, 6.45) is 4.93. The predicted molar refractivity (Wildman–Crippen MR) is 87.7 cm³/mol. The van der Waals surface area contributed by atoms with Crippen LogP contribution >= 0.6 is 0 Å². The second-order valence-electron chi connectivity index (χ2n) is 6.87. The molecule has 0 aliphatic carbocycles. The van der Waals surface area contributed by atoms with Crippen molar-refractivity contribution in [1.82, 2.24) is 0 Å². The summed E-state index contributed by atoms with van der Waals surface area (Å²) < 4.78 is 0. The highest BCUT2D eigenvalue weighted by molar-refractivity contribution is 7.46. The fourth-order valence-corrected chi connectivity index (χ4v) is 20.3. The quantitative estimate of drug-likeness (QED) is 0.555. The van der Waals surface area contributed by atoms with Crippen LogP contribution in [0.25, 0.3) is 0 Å². The lowest BCUT2D eigenvalue weighted by Gasteiger charge is -2.50. The topological polar surface area (TPSA) is 0 Å². The van der Waals surface area contributed by atoms with Gasteiger partial charge in [0, 0.05) is 7.59 Å². The Morgan fingerprint density at radius 1 is 1.06 bits per heavy atom. The molecule has 1 heterocycles. The van der Waals surface area contributed by atoms with Crippen LogP contribution in [0.3, 0.4) is 0 Å². The highest BCUT2D eigenvalue weighted by Gasteiger charge is 2.52. The molecule has 1 aromatic carbocycles. The van der Waals surface area contributed by atoms with E-state index in [2.05, 4.69) is 76.0 Å². The zero-order chi connectivity index (χ0) is 13.4. The van der Waals surface area contributed by atoms with Gasteiger partial charge in [-0.1, -0.05) is 81.2 Å². The molecule has 0 saturated carbocycles. The van der Waals surface area contributed by atoms with Gasteiger partial charge in [0.2, 0.25) is 0 Å². The number of rotatable bonds is 2. The molecular formula is C16H26Si2. The molecule has 98 valence electrons. The molecular weight excluding hydrogens is 248 g/mol. The summed E-state index contributed by atoms with van der Waals surface area (Å²) in [5.41, 5.74) is 0.872. The Bertz CT molecular complexity index is 430. The van der Waals surface area contributed by atoms with Crippen molar-refractivity contribution in [1.29, 1.82) is 0 Å². The van der Waals surface area contributed by atoms with Crippen molar-refractivity contribution in [2.24, 2.45) is 5.92 Å². The minimum atomic E-state index is -1.37. The van der Waals surface area contributed by atoms with E-state index in [1.807, 2.05) is 0 Å². The molecule has 0 saturated heterocycles. The average Bonchev–Trinajstić information content (AvgIpc) is 2.32. The summed E-state index contributed by atoms with van der Waals surface area (Å²) in [4.78, 5) is 0. The van der Waals surface area contributed by atoms with Crippen molar-refractivity contribution >= 4 is 20.4 Å². The standard InChI is InChI=1S/C16H26Si2/c1-14-10-9-13-18(15(14)2,17(3,4)5)16-11-7-6-8-12-16/h6-12,14-15H,13H2,1-5H3/t14-,15+,18?/m1/s1. The first-order valence-corrected chi connectivity index (χ1v) is 13.9. The van der Waals surface area contributed by atoms with Gasteiger partial charge >= 0.3 is 0 Å². The molecule has 0 aromatic heterocycles. The van der Waals surface area contributed by atoms with Gasteiger partial charge in [-0.2, -0.15) is 0 Å². The van der Waals surface area contributed by atoms with Crippen molar-refractivity contribution < 1.29 is 0 Å². The molecule has 0 nitrogen and oxygen atoms in total. The summed E-state index contributed by atoms with van der Waals surface area (Å²) >= 11 is 0. The summed E-state index contributed by atoms with van der Waals surface area (Å²) in [6.45, 7) is 12.7. The minimum Gasteiger partial charge on any atom is -0.0908 e. The Kier molecular flexibility index (Phi) is 3.70. The van der Waals surface area contributed by atoms with Crippen molar-refractivity contribution in [2.45, 2.75) is 45.1 Å². The molecule has 1 aromatic rings. The average molecular weight is 275 g/mol. The zero-order valence-electron chi connectivity index (χ0n) is 12.4. The Balaban J connectivity index is 2.59. The van der Waals surface area contributed by atoms with Crippen LogP contribution in [0.1, 0.15) is 13.8 Å². The molecule has 1 unspecified atom stereocenters. The first-order valence-electron chi connectivity index (χ1n) is 7.12. The van der Waals surface area contributed by atoms with E-state index < -0.39 is 15.2 Å². The van der Waals surface area contributed by atoms with Crippen LogP contribution in [-0.4, -0.2) is 15.2 Å². The van der Waals surface area contributed by atoms with E-state index >= 15 is 0 Å². The van der Waals surface area contributed by atoms with Crippen LogP contribution in [0.5, 0.6) is 0 Å². The van der Waals surface area contributed by atoms with Crippen LogP contribution in [-0.2, 0) is 0 Å². The number of hydrogen-bond donors (Lipinski definition) is 0. The molecule has 0 fully saturated rings. The molecule has 1 aliphatic rings. The monoisotopic (exact) mass is 274 g/mol.